The van der Waals surface area contributed by atoms with Gasteiger partial charge in [0.2, 0.25) is 11.9 Å². The lowest BCUT2D eigenvalue weighted by molar-refractivity contribution is 0.397. The monoisotopic (exact) mass is 376 g/mol. The summed E-state index contributed by atoms with van der Waals surface area (Å²) in [4.78, 5) is 14.4. The Morgan fingerprint density at radius 2 is 1.88 bits per heavy atom. The number of nitrogens with two attached hydrogens (primary N) is 1. The zero-order valence-electron chi connectivity index (χ0n) is 13.8. The van der Waals surface area contributed by atoms with Crippen molar-refractivity contribution < 1.29 is 4.52 Å². The van der Waals surface area contributed by atoms with Crippen molar-refractivity contribution in [3.05, 3.63) is 46.9 Å². The Bertz CT molecular complexity index is 852. The summed E-state index contributed by atoms with van der Waals surface area (Å²) in [6, 6.07) is 9.39. The SMILES string of the molecule is CN(C)c1nc(N)nc(CSCc2cc(-c3ccc(Cl)cc3)no2)n1. The van der Waals surface area contributed by atoms with Crippen LogP contribution in [0.3, 0.4) is 0 Å². The lowest BCUT2D eigenvalue weighted by atomic mass is 10.1. The van der Waals surface area contributed by atoms with Gasteiger partial charge in [-0.3, -0.25) is 0 Å². The molecule has 1 aromatic carbocycles. The summed E-state index contributed by atoms with van der Waals surface area (Å²) in [6.45, 7) is 0. The Balaban J connectivity index is 1.60. The highest BCUT2D eigenvalue weighted by Gasteiger charge is 2.09. The number of nitrogens with zero attached hydrogens (tertiary/aromatic N) is 5. The van der Waals surface area contributed by atoms with Gasteiger partial charge in [-0.05, 0) is 12.1 Å². The third-order valence-electron chi connectivity index (χ3n) is 3.26. The molecule has 0 aliphatic rings. The topological polar surface area (TPSA) is 94.0 Å². The summed E-state index contributed by atoms with van der Waals surface area (Å²) in [5, 5.41) is 4.79. The molecule has 0 fully saturated rings. The lowest BCUT2D eigenvalue weighted by Gasteiger charge is -2.11. The minimum Gasteiger partial charge on any atom is -0.368 e. The molecule has 25 heavy (non-hydrogen) atoms. The molecule has 0 bridgehead atoms. The number of aromatic nitrogens is 4. The lowest BCUT2D eigenvalue weighted by Crippen LogP contribution is -2.15. The fraction of sp³-hybridized carbons (Fsp3) is 0.250. The third kappa shape index (κ3) is 4.61. The second-order valence-corrected chi connectivity index (χ2v) is 6.90. The quantitative estimate of drug-likeness (QED) is 0.700. The van der Waals surface area contributed by atoms with Crippen LogP contribution in [0.1, 0.15) is 11.6 Å². The van der Waals surface area contributed by atoms with E-state index in [0.29, 0.717) is 28.3 Å². The average Bonchev–Trinajstić information content (AvgIpc) is 3.04. The molecule has 0 unspecified atom stereocenters. The molecule has 2 heterocycles. The molecule has 0 aliphatic heterocycles. The molecule has 2 aromatic heterocycles. The summed E-state index contributed by atoms with van der Waals surface area (Å²) >= 11 is 7.52. The predicted molar refractivity (Wildman–Crippen MR) is 101 cm³/mol. The fourth-order valence-electron chi connectivity index (χ4n) is 2.07. The molecule has 0 amide bonds. The third-order valence-corrected chi connectivity index (χ3v) is 4.46. The molecule has 0 saturated heterocycles. The van der Waals surface area contributed by atoms with Gasteiger partial charge in [-0.1, -0.05) is 28.9 Å². The molecule has 0 aliphatic carbocycles. The first-order valence-electron chi connectivity index (χ1n) is 7.48. The average molecular weight is 377 g/mol. The van der Waals surface area contributed by atoms with E-state index in [9.17, 15) is 0 Å². The normalized spacial score (nSPS) is 10.8. The van der Waals surface area contributed by atoms with E-state index in [0.717, 1.165) is 17.0 Å². The first-order chi connectivity index (χ1) is 12.0. The number of thioether (sulfide) groups is 1. The highest BCUT2D eigenvalue weighted by molar-refractivity contribution is 7.97. The van der Waals surface area contributed by atoms with Crippen molar-refractivity contribution in [2.75, 3.05) is 24.7 Å². The molecule has 2 N–H and O–H groups in total. The number of nitrogen functional groups attached to an aromatic ring is 1. The van der Waals surface area contributed by atoms with Gasteiger partial charge in [0, 0.05) is 30.7 Å². The summed E-state index contributed by atoms with van der Waals surface area (Å²) in [5.41, 5.74) is 7.47. The number of hydrogen-bond acceptors (Lipinski definition) is 8. The molecule has 0 atom stereocenters. The molecule has 130 valence electrons. The fourth-order valence-corrected chi connectivity index (χ4v) is 2.95. The minimum absolute atomic E-state index is 0.221. The largest absolute Gasteiger partial charge is 0.368 e. The minimum atomic E-state index is 0.221. The van der Waals surface area contributed by atoms with Crippen molar-refractivity contribution in [2.24, 2.45) is 0 Å². The first kappa shape index (κ1) is 17.5. The Morgan fingerprint density at radius 3 is 2.60 bits per heavy atom. The first-order valence-corrected chi connectivity index (χ1v) is 9.01. The number of benzene rings is 1. The van der Waals surface area contributed by atoms with Crippen LogP contribution < -0.4 is 10.6 Å². The molecular weight excluding hydrogens is 360 g/mol. The predicted octanol–water partition coefficient (Wildman–Crippen LogP) is 3.26. The molecule has 0 saturated carbocycles. The van der Waals surface area contributed by atoms with Gasteiger partial charge in [0.05, 0.1) is 11.5 Å². The van der Waals surface area contributed by atoms with E-state index in [-0.39, 0.29) is 5.95 Å². The van der Waals surface area contributed by atoms with Crippen LogP contribution in [0.4, 0.5) is 11.9 Å². The highest BCUT2D eigenvalue weighted by atomic mass is 35.5. The van der Waals surface area contributed by atoms with Crippen molar-refractivity contribution in [3.8, 4) is 11.3 Å². The summed E-state index contributed by atoms with van der Waals surface area (Å²) < 4.78 is 5.38. The van der Waals surface area contributed by atoms with E-state index in [2.05, 4.69) is 20.1 Å². The second kappa shape index (κ2) is 7.71. The van der Waals surface area contributed by atoms with Crippen molar-refractivity contribution >= 4 is 35.3 Å². The summed E-state index contributed by atoms with van der Waals surface area (Å²) in [7, 11) is 3.72. The van der Waals surface area contributed by atoms with Crippen LogP contribution in [-0.2, 0) is 11.5 Å². The molecule has 3 rings (SSSR count). The molecule has 7 nitrogen and oxygen atoms in total. The molecule has 0 radical (unpaired) electrons. The second-order valence-electron chi connectivity index (χ2n) is 5.48. The van der Waals surface area contributed by atoms with Crippen LogP contribution in [0.5, 0.6) is 0 Å². The van der Waals surface area contributed by atoms with E-state index in [1.54, 1.807) is 16.7 Å². The number of anilines is 2. The van der Waals surface area contributed by atoms with E-state index in [1.807, 2.05) is 44.4 Å². The van der Waals surface area contributed by atoms with Gasteiger partial charge >= 0.3 is 0 Å². The molecule has 0 spiro atoms. The molecule has 3 aromatic rings. The van der Waals surface area contributed by atoms with E-state index >= 15 is 0 Å². The van der Waals surface area contributed by atoms with Crippen LogP contribution in [0, 0.1) is 0 Å². The Labute approximate surface area is 154 Å². The standard InChI is InChI=1S/C16H17ClN6OS/c1-23(2)16-20-14(19-15(18)21-16)9-25-8-12-7-13(22-24-12)10-3-5-11(17)6-4-10/h3-7H,8-9H2,1-2H3,(H2,18,19,20,21). The maximum atomic E-state index is 5.90. The van der Waals surface area contributed by atoms with Crippen LogP contribution in [0.15, 0.2) is 34.9 Å². The van der Waals surface area contributed by atoms with Crippen LogP contribution in [0.2, 0.25) is 5.02 Å². The van der Waals surface area contributed by atoms with Gasteiger partial charge in [-0.25, -0.2) is 0 Å². The van der Waals surface area contributed by atoms with Gasteiger partial charge in [-0.15, -0.1) is 11.8 Å². The van der Waals surface area contributed by atoms with Gasteiger partial charge in [0.15, 0.2) is 0 Å². The Hall–Kier alpha value is -2.32. The van der Waals surface area contributed by atoms with Gasteiger partial charge in [0.1, 0.15) is 17.3 Å². The number of hydrogen-bond donors (Lipinski definition) is 1. The van der Waals surface area contributed by atoms with E-state index < -0.39 is 0 Å². The molecular formula is C16H17ClN6OS. The zero-order chi connectivity index (χ0) is 17.8. The number of halogens is 1. The summed E-state index contributed by atoms with van der Waals surface area (Å²) in [6.07, 6.45) is 0. The van der Waals surface area contributed by atoms with Crippen molar-refractivity contribution in [2.45, 2.75) is 11.5 Å². The van der Waals surface area contributed by atoms with Crippen LogP contribution in [0.25, 0.3) is 11.3 Å². The Kier molecular flexibility index (Phi) is 5.40. The Morgan fingerprint density at radius 1 is 1.12 bits per heavy atom. The van der Waals surface area contributed by atoms with Crippen molar-refractivity contribution in [1.29, 1.82) is 0 Å². The van der Waals surface area contributed by atoms with Gasteiger partial charge < -0.3 is 15.2 Å². The smallest absolute Gasteiger partial charge is 0.229 e. The van der Waals surface area contributed by atoms with Crippen LogP contribution >= 0.6 is 23.4 Å². The van der Waals surface area contributed by atoms with Crippen LogP contribution in [-0.4, -0.2) is 34.2 Å². The van der Waals surface area contributed by atoms with Gasteiger partial charge in [-0.2, -0.15) is 15.0 Å². The van der Waals surface area contributed by atoms with Crippen molar-refractivity contribution in [1.82, 2.24) is 20.1 Å². The highest BCUT2D eigenvalue weighted by Crippen LogP contribution is 2.24. The number of rotatable bonds is 6. The molecule has 9 heteroatoms. The zero-order valence-corrected chi connectivity index (χ0v) is 15.4. The maximum absolute atomic E-state index is 5.90. The van der Waals surface area contributed by atoms with Crippen molar-refractivity contribution in [3.63, 3.8) is 0 Å². The van der Waals surface area contributed by atoms with E-state index in [1.165, 1.54) is 0 Å². The maximum Gasteiger partial charge on any atom is 0.229 e. The van der Waals surface area contributed by atoms with E-state index in [4.69, 9.17) is 21.9 Å². The summed E-state index contributed by atoms with van der Waals surface area (Å²) in [5.74, 6) is 3.45. The van der Waals surface area contributed by atoms with Gasteiger partial charge in [0.25, 0.3) is 0 Å².